The topological polar surface area (TPSA) is 91.4 Å². The van der Waals surface area contributed by atoms with Crippen LogP contribution in [0.5, 0.6) is 11.5 Å². The number of primary amides is 1. The second kappa shape index (κ2) is 9.04. The first-order valence-electron chi connectivity index (χ1n) is 13.1. The molecule has 0 unspecified atom stereocenters. The smallest absolute Gasteiger partial charge is 0.249 e. The van der Waals surface area contributed by atoms with E-state index in [9.17, 15) is 4.79 Å². The van der Waals surface area contributed by atoms with E-state index >= 15 is 8.78 Å². The predicted molar refractivity (Wildman–Crippen MR) is 145 cm³/mol. The fraction of sp³-hybridized carbons (Fsp3) is 0.267. The zero-order valence-electron chi connectivity index (χ0n) is 21.6. The van der Waals surface area contributed by atoms with Crippen LogP contribution in [0.15, 0.2) is 48.7 Å². The number of aromatic nitrogens is 2. The minimum Gasteiger partial charge on any atom is -0.485 e. The zero-order valence-corrected chi connectivity index (χ0v) is 22.3. The van der Waals surface area contributed by atoms with Crippen LogP contribution in [0.3, 0.4) is 0 Å². The Morgan fingerprint density at radius 3 is 2.75 bits per heavy atom. The van der Waals surface area contributed by atoms with E-state index < -0.39 is 23.1 Å². The zero-order chi connectivity index (χ0) is 27.8. The van der Waals surface area contributed by atoms with Gasteiger partial charge >= 0.3 is 0 Å². The first-order chi connectivity index (χ1) is 19.3. The molecule has 4 heterocycles. The number of nitrogens with two attached hydrogens (primary N) is 1. The van der Waals surface area contributed by atoms with E-state index in [1.165, 1.54) is 12.1 Å². The van der Waals surface area contributed by atoms with E-state index in [4.69, 9.17) is 26.8 Å². The maximum atomic E-state index is 16.6. The Balaban J connectivity index is 1.47. The molecule has 1 aromatic heterocycles. The van der Waals surface area contributed by atoms with E-state index in [1.807, 2.05) is 30.3 Å². The van der Waals surface area contributed by atoms with Crippen LogP contribution in [0.2, 0.25) is 5.02 Å². The fourth-order valence-corrected chi connectivity index (χ4v) is 6.69. The van der Waals surface area contributed by atoms with Crippen molar-refractivity contribution in [2.75, 3.05) is 6.54 Å². The molecule has 0 saturated carbocycles. The van der Waals surface area contributed by atoms with Gasteiger partial charge in [-0.1, -0.05) is 41.9 Å². The number of nitrogens with one attached hydrogen (secondary N) is 1. The molecule has 0 aliphatic carbocycles. The van der Waals surface area contributed by atoms with Crippen molar-refractivity contribution in [1.82, 2.24) is 15.1 Å². The van der Waals surface area contributed by atoms with Gasteiger partial charge in [-0.05, 0) is 31.0 Å². The SMILES string of the molecule is Cn1cc2c(n1)-c1cc(C(N)=O)c(-c3c(Cl)c(F)cc4c3C[C@](c3ccccc3)([C@@H]3CCCN3)O4)c(F)c1OC2. The number of carbonyl (C=O) groups is 1. The molecule has 0 spiro atoms. The number of carbonyl (C=O) groups excluding carboxylic acids is 1. The van der Waals surface area contributed by atoms with Crippen LogP contribution < -0.4 is 20.5 Å². The van der Waals surface area contributed by atoms with Crippen LogP contribution in [0, 0.1) is 11.6 Å². The number of aryl methyl sites for hydroxylation is 1. The van der Waals surface area contributed by atoms with E-state index in [-0.39, 0.29) is 52.3 Å². The Bertz CT molecular complexity index is 1700. The Morgan fingerprint density at radius 2 is 2.02 bits per heavy atom. The van der Waals surface area contributed by atoms with Gasteiger partial charge in [0.25, 0.3) is 0 Å². The third kappa shape index (κ3) is 3.57. The second-order valence-electron chi connectivity index (χ2n) is 10.5. The van der Waals surface area contributed by atoms with Crippen LogP contribution in [-0.2, 0) is 25.7 Å². The first kappa shape index (κ1) is 25.0. The van der Waals surface area contributed by atoms with Gasteiger partial charge in [0, 0.05) is 53.5 Å². The quantitative estimate of drug-likeness (QED) is 0.354. The summed E-state index contributed by atoms with van der Waals surface area (Å²) in [5.74, 6) is -2.38. The van der Waals surface area contributed by atoms with Crippen molar-refractivity contribution in [3.8, 4) is 33.9 Å². The van der Waals surface area contributed by atoms with Gasteiger partial charge in [-0.3, -0.25) is 9.48 Å². The van der Waals surface area contributed by atoms with Crippen molar-refractivity contribution >= 4 is 17.5 Å². The Morgan fingerprint density at radius 1 is 1.23 bits per heavy atom. The number of hydrogen-bond donors (Lipinski definition) is 2. The number of rotatable bonds is 4. The molecule has 4 aromatic rings. The van der Waals surface area contributed by atoms with Crippen LogP contribution in [0.1, 0.15) is 39.9 Å². The van der Waals surface area contributed by atoms with Gasteiger partial charge in [0.15, 0.2) is 17.2 Å². The highest BCUT2D eigenvalue weighted by molar-refractivity contribution is 6.34. The number of nitrogens with zero attached hydrogens (tertiary/aromatic N) is 2. The van der Waals surface area contributed by atoms with Gasteiger partial charge in [0.2, 0.25) is 5.91 Å². The van der Waals surface area contributed by atoms with Crippen molar-refractivity contribution < 1.29 is 23.0 Å². The summed E-state index contributed by atoms with van der Waals surface area (Å²) in [6, 6.07) is 12.3. The summed E-state index contributed by atoms with van der Waals surface area (Å²) in [6.45, 7) is 0.907. The summed E-state index contributed by atoms with van der Waals surface area (Å²) in [5, 5.41) is 7.63. The maximum absolute atomic E-state index is 16.6. The highest BCUT2D eigenvalue weighted by Gasteiger charge is 2.50. The molecule has 10 heteroatoms. The highest BCUT2D eigenvalue weighted by Crippen LogP contribution is 2.53. The van der Waals surface area contributed by atoms with E-state index in [0.717, 1.165) is 30.5 Å². The molecule has 3 aliphatic heterocycles. The summed E-state index contributed by atoms with van der Waals surface area (Å²) in [5.41, 5.74) is 7.53. The lowest BCUT2D eigenvalue weighted by atomic mass is 9.80. The van der Waals surface area contributed by atoms with Gasteiger partial charge in [-0.25, -0.2) is 8.78 Å². The largest absolute Gasteiger partial charge is 0.485 e. The minimum absolute atomic E-state index is 0.0389. The summed E-state index contributed by atoms with van der Waals surface area (Å²) in [7, 11) is 1.74. The van der Waals surface area contributed by atoms with Crippen LogP contribution in [0.4, 0.5) is 8.78 Å². The molecular weight excluding hydrogens is 538 g/mol. The van der Waals surface area contributed by atoms with Crippen LogP contribution in [0.25, 0.3) is 22.4 Å². The molecule has 2 atom stereocenters. The highest BCUT2D eigenvalue weighted by atomic mass is 35.5. The number of amides is 1. The molecule has 1 amide bonds. The summed E-state index contributed by atoms with van der Waals surface area (Å²) < 4.78 is 46.0. The molecule has 1 fully saturated rings. The van der Waals surface area contributed by atoms with Crippen molar-refractivity contribution in [2.45, 2.75) is 37.5 Å². The normalized spacial score (nSPS) is 20.9. The number of benzene rings is 3. The molecule has 3 N–H and O–H groups in total. The first-order valence-corrected chi connectivity index (χ1v) is 13.5. The monoisotopic (exact) mass is 562 g/mol. The number of fused-ring (bicyclic) bond motifs is 4. The second-order valence-corrected chi connectivity index (χ2v) is 10.9. The molecule has 40 heavy (non-hydrogen) atoms. The molecule has 204 valence electrons. The average Bonchev–Trinajstić information content (AvgIpc) is 3.69. The molecule has 3 aliphatic rings. The van der Waals surface area contributed by atoms with Crippen molar-refractivity contribution in [3.63, 3.8) is 0 Å². The van der Waals surface area contributed by atoms with Gasteiger partial charge < -0.3 is 20.5 Å². The average molecular weight is 563 g/mol. The molecule has 0 radical (unpaired) electrons. The van der Waals surface area contributed by atoms with Crippen molar-refractivity contribution in [1.29, 1.82) is 0 Å². The van der Waals surface area contributed by atoms with E-state index in [1.54, 1.807) is 17.9 Å². The number of ether oxygens (including phenoxy) is 2. The summed E-state index contributed by atoms with van der Waals surface area (Å²) in [6.07, 6.45) is 3.84. The van der Waals surface area contributed by atoms with Crippen molar-refractivity contribution in [3.05, 3.63) is 87.6 Å². The number of halogens is 3. The molecular formula is C30H25ClF2N4O3. The third-order valence-corrected chi connectivity index (χ3v) is 8.54. The fourth-order valence-electron chi connectivity index (χ4n) is 6.43. The molecule has 0 bridgehead atoms. The van der Waals surface area contributed by atoms with Gasteiger partial charge in [-0.15, -0.1) is 0 Å². The maximum Gasteiger partial charge on any atom is 0.249 e. The molecule has 7 nitrogen and oxygen atoms in total. The lowest BCUT2D eigenvalue weighted by molar-refractivity contribution is 0.0539. The molecule has 3 aromatic carbocycles. The van der Waals surface area contributed by atoms with E-state index in [0.29, 0.717) is 16.8 Å². The van der Waals surface area contributed by atoms with Gasteiger partial charge in [-0.2, -0.15) is 5.10 Å². The Hall–Kier alpha value is -3.95. The third-order valence-electron chi connectivity index (χ3n) is 8.17. The van der Waals surface area contributed by atoms with Gasteiger partial charge in [0.05, 0.1) is 16.6 Å². The molecule has 1 saturated heterocycles. The summed E-state index contributed by atoms with van der Waals surface area (Å²) in [4.78, 5) is 12.8. The van der Waals surface area contributed by atoms with E-state index in [2.05, 4.69) is 10.4 Å². The van der Waals surface area contributed by atoms with Gasteiger partial charge in [0.1, 0.15) is 23.9 Å². The molecule has 7 rings (SSSR count). The van der Waals surface area contributed by atoms with Crippen LogP contribution in [-0.4, -0.2) is 28.3 Å². The van der Waals surface area contributed by atoms with Crippen molar-refractivity contribution in [2.24, 2.45) is 12.8 Å². The van der Waals surface area contributed by atoms with Crippen LogP contribution >= 0.6 is 11.6 Å². The minimum atomic E-state index is -0.889. The standard InChI is InChI=1S/C30H25ClF2N4O3/c1-37-13-15-14-39-28-18(27(15)36-37)10-17(29(34)38)24(26(28)33)23-19-12-30(22-8-5-9-35-22,16-6-3-2-4-7-16)40-21(19)11-20(32)25(23)31/h2-4,6-7,10-11,13,22,35H,5,8-9,12,14H2,1H3,(H2,34,38)/t22-,30-/m0/s1. The predicted octanol–water partition coefficient (Wildman–Crippen LogP) is 5.26. The Kier molecular flexibility index (Phi) is 5.66. The Labute approximate surface area is 233 Å². The summed E-state index contributed by atoms with van der Waals surface area (Å²) >= 11 is 6.60. The lowest BCUT2D eigenvalue weighted by Gasteiger charge is -2.35. The lowest BCUT2D eigenvalue weighted by Crippen LogP contribution is -2.48. The number of hydrogen-bond acceptors (Lipinski definition) is 5.